The van der Waals surface area contributed by atoms with E-state index in [1.165, 1.54) is 6.42 Å². The summed E-state index contributed by atoms with van der Waals surface area (Å²) in [4.78, 5) is 23.8. The molecule has 5 heteroatoms. The van der Waals surface area contributed by atoms with E-state index in [4.69, 9.17) is 5.11 Å². The number of hydrogen-bond donors (Lipinski definition) is 2. The molecule has 1 unspecified atom stereocenters. The SMILES string of the molecule is CC1(C)CC1CNC(=O)N1CC(CC(=O)O)C1. The van der Waals surface area contributed by atoms with Crippen LogP contribution in [0, 0.1) is 17.3 Å². The molecule has 2 aliphatic rings. The maximum atomic E-state index is 11.7. The molecule has 96 valence electrons. The summed E-state index contributed by atoms with van der Waals surface area (Å²) in [6, 6.07) is -0.0469. The van der Waals surface area contributed by atoms with Gasteiger partial charge in [0.2, 0.25) is 0 Å². The van der Waals surface area contributed by atoms with Gasteiger partial charge in [-0.1, -0.05) is 13.8 Å². The molecule has 2 rings (SSSR count). The van der Waals surface area contributed by atoms with Crippen LogP contribution in [0.4, 0.5) is 4.79 Å². The third kappa shape index (κ3) is 2.90. The Hall–Kier alpha value is -1.26. The maximum absolute atomic E-state index is 11.7. The van der Waals surface area contributed by atoms with E-state index >= 15 is 0 Å². The molecule has 0 aromatic rings. The van der Waals surface area contributed by atoms with E-state index in [2.05, 4.69) is 19.2 Å². The van der Waals surface area contributed by atoms with Crippen molar-refractivity contribution in [2.45, 2.75) is 26.7 Å². The van der Waals surface area contributed by atoms with Crippen LogP contribution in [0.1, 0.15) is 26.7 Å². The standard InChI is InChI=1S/C12H20N2O3/c1-12(2)4-9(12)5-13-11(17)14-6-8(7-14)3-10(15)16/h8-9H,3-7H2,1-2H3,(H,13,17)(H,15,16). The Morgan fingerprint density at radius 2 is 2.00 bits per heavy atom. The maximum Gasteiger partial charge on any atom is 0.317 e. The van der Waals surface area contributed by atoms with Gasteiger partial charge in [-0.15, -0.1) is 0 Å². The van der Waals surface area contributed by atoms with Crippen LogP contribution >= 0.6 is 0 Å². The fourth-order valence-electron chi connectivity index (χ4n) is 2.36. The lowest BCUT2D eigenvalue weighted by Crippen LogP contribution is -2.54. The van der Waals surface area contributed by atoms with Gasteiger partial charge < -0.3 is 15.3 Å². The van der Waals surface area contributed by atoms with Crippen molar-refractivity contribution in [1.29, 1.82) is 0 Å². The van der Waals surface area contributed by atoms with Gasteiger partial charge in [0.05, 0.1) is 6.42 Å². The first-order valence-electron chi connectivity index (χ1n) is 6.13. The second-order valence-corrected chi connectivity index (χ2v) is 5.94. The monoisotopic (exact) mass is 240 g/mol. The van der Waals surface area contributed by atoms with Crippen LogP contribution in [-0.4, -0.2) is 41.6 Å². The third-order valence-electron chi connectivity index (χ3n) is 3.92. The van der Waals surface area contributed by atoms with Crippen molar-refractivity contribution >= 4 is 12.0 Å². The highest BCUT2D eigenvalue weighted by Crippen LogP contribution is 2.50. The third-order valence-corrected chi connectivity index (χ3v) is 3.92. The highest BCUT2D eigenvalue weighted by atomic mass is 16.4. The summed E-state index contributed by atoms with van der Waals surface area (Å²) in [5.41, 5.74) is 0.383. The number of urea groups is 1. The van der Waals surface area contributed by atoms with Gasteiger partial charge in [0.25, 0.3) is 0 Å². The zero-order valence-corrected chi connectivity index (χ0v) is 10.4. The van der Waals surface area contributed by atoms with Crippen LogP contribution < -0.4 is 5.32 Å². The van der Waals surface area contributed by atoms with Crippen LogP contribution in [0.15, 0.2) is 0 Å². The van der Waals surface area contributed by atoms with E-state index < -0.39 is 5.97 Å². The molecule has 1 saturated carbocycles. The Morgan fingerprint density at radius 1 is 1.41 bits per heavy atom. The Bertz CT molecular complexity index is 335. The predicted molar refractivity (Wildman–Crippen MR) is 62.6 cm³/mol. The number of carboxylic acid groups (broad SMARTS) is 1. The lowest BCUT2D eigenvalue weighted by Gasteiger charge is -2.38. The van der Waals surface area contributed by atoms with E-state index in [9.17, 15) is 9.59 Å². The molecule has 0 spiro atoms. The number of carbonyl (C=O) groups is 2. The molecule has 0 radical (unpaired) electrons. The Morgan fingerprint density at radius 3 is 2.47 bits per heavy atom. The van der Waals surface area contributed by atoms with Crippen molar-refractivity contribution in [2.75, 3.05) is 19.6 Å². The Balaban J connectivity index is 1.61. The fraction of sp³-hybridized carbons (Fsp3) is 0.833. The molecule has 2 fully saturated rings. The number of likely N-dealkylation sites (tertiary alicyclic amines) is 1. The molecule has 2 amide bonds. The summed E-state index contributed by atoms with van der Waals surface area (Å²) in [5.74, 6) is -0.0482. The van der Waals surface area contributed by atoms with E-state index in [0.717, 1.165) is 6.54 Å². The molecular weight excluding hydrogens is 220 g/mol. The minimum absolute atomic E-state index is 0.0469. The molecule has 1 aliphatic carbocycles. The molecule has 0 bridgehead atoms. The highest BCUT2D eigenvalue weighted by molar-refractivity contribution is 5.75. The minimum Gasteiger partial charge on any atom is -0.481 e. The van der Waals surface area contributed by atoms with Crippen molar-refractivity contribution in [3.63, 3.8) is 0 Å². The van der Waals surface area contributed by atoms with Gasteiger partial charge in [-0.25, -0.2) is 4.79 Å². The zero-order chi connectivity index (χ0) is 12.6. The first-order chi connectivity index (χ1) is 7.88. The second-order valence-electron chi connectivity index (χ2n) is 5.94. The van der Waals surface area contributed by atoms with E-state index in [1.807, 2.05) is 0 Å². The van der Waals surface area contributed by atoms with Crippen molar-refractivity contribution in [3.05, 3.63) is 0 Å². The normalized spacial score (nSPS) is 26.2. The van der Waals surface area contributed by atoms with Gasteiger partial charge in [-0.05, 0) is 17.8 Å². The summed E-state index contributed by atoms with van der Waals surface area (Å²) in [6.07, 6.45) is 1.34. The second kappa shape index (κ2) is 4.20. The summed E-state index contributed by atoms with van der Waals surface area (Å²) in [6.45, 7) is 6.30. The lowest BCUT2D eigenvalue weighted by molar-refractivity contribution is -0.139. The molecule has 0 aromatic heterocycles. The fourth-order valence-corrected chi connectivity index (χ4v) is 2.36. The van der Waals surface area contributed by atoms with Crippen LogP contribution in [0.25, 0.3) is 0 Å². The number of nitrogens with zero attached hydrogens (tertiary/aromatic N) is 1. The lowest BCUT2D eigenvalue weighted by atomic mass is 9.97. The van der Waals surface area contributed by atoms with E-state index in [0.29, 0.717) is 24.4 Å². The molecule has 17 heavy (non-hydrogen) atoms. The Kier molecular flexibility index (Phi) is 3.02. The topological polar surface area (TPSA) is 69.6 Å². The van der Waals surface area contributed by atoms with Gasteiger partial charge >= 0.3 is 12.0 Å². The summed E-state index contributed by atoms with van der Waals surface area (Å²) >= 11 is 0. The summed E-state index contributed by atoms with van der Waals surface area (Å²) in [7, 11) is 0. The number of rotatable bonds is 4. The molecule has 2 N–H and O–H groups in total. The van der Waals surface area contributed by atoms with Crippen LogP contribution in [0.2, 0.25) is 0 Å². The summed E-state index contributed by atoms with van der Waals surface area (Å²) in [5, 5.41) is 11.5. The van der Waals surface area contributed by atoms with E-state index in [-0.39, 0.29) is 18.4 Å². The van der Waals surface area contributed by atoms with Gasteiger partial charge in [-0.3, -0.25) is 4.79 Å². The van der Waals surface area contributed by atoms with Crippen molar-refractivity contribution in [2.24, 2.45) is 17.3 Å². The molecular formula is C12H20N2O3. The Labute approximate surface area is 101 Å². The van der Waals surface area contributed by atoms with Crippen LogP contribution in [0.5, 0.6) is 0 Å². The average molecular weight is 240 g/mol. The van der Waals surface area contributed by atoms with Crippen LogP contribution in [0.3, 0.4) is 0 Å². The van der Waals surface area contributed by atoms with Crippen molar-refractivity contribution in [3.8, 4) is 0 Å². The largest absolute Gasteiger partial charge is 0.481 e. The first kappa shape index (κ1) is 12.2. The molecule has 1 atom stereocenters. The van der Waals surface area contributed by atoms with E-state index in [1.54, 1.807) is 4.90 Å². The van der Waals surface area contributed by atoms with Crippen LogP contribution in [-0.2, 0) is 4.79 Å². The van der Waals surface area contributed by atoms with Crippen molar-refractivity contribution in [1.82, 2.24) is 10.2 Å². The number of aliphatic carboxylic acids is 1. The first-order valence-corrected chi connectivity index (χ1v) is 6.13. The quantitative estimate of drug-likeness (QED) is 0.774. The number of carbonyl (C=O) groups excluding carboxylic acids is 1. The van der Waals surface area contributed by atoms with Gasteiger partial charge in [0, 0.05) is 25.6 Å². The molecule has 1 aliphatic heterocycles. The molecule has 1 heterocycles. The van der Waals surface area contributed by atoms with Gasteiger partial charge in [-0.2, -0.15) is 0 Å². The number of carboxylic acids is 1. The molecule has 0 aromatic carbocycles. The average Bonchev–Trinajstić information content (AvgIpc) is 2.75. The predicted octanol–water partition coefficient (Wildman–Crippen LogP) is 1.15. The number of nitrogens with one attached hydrogen (secondary N) is 1. The minimum atomic E-state index is -0.783. The van der Waals surface area contributed by atoms with Gasteiger partial charge in [0.15, 0.2) is 0 Å². The van der Waals surface area contributed by atoms with Gasteiger partial charge in [0.1, 0.15) is 0 Å². The van der Waals surface area contributed by atoms with Crippen molar-refractivity contribution < 1.29 is 14.7 Å². The zero-order valence-electron chi connectivity index (χ0n) is 10.4. The highest BCUT2D eigenvalue weighted by Gasteiger charge is 2.45. The number of amides is 2. The number of hydrogen-bond acceptors (Lipinski definition) is 2. The smallest absolute Gasteiger partial charge is 0.317 e. The molecule has 5 nitrogen and oxygen atoms in total. The summed E-state index contributed by atoms with van der Waals surface area (Å²) < 4.78 is 0. The molecule has 1 saturated heterocycles.